The minimum absolute atomic E-state index is 0.578. The zero-order valence-electron chi connectivity index (χ0n) is 17.4. The van der Waals surface area contributed by atoms with Crippen molar-refractivity contribution in [2.24, 2.45) is 5.11 Å². The smallest absolute Gasteiger partial charge is 0.127 e. The minimum atomic E-state index is 0.578. The number of fused-ring (bicyclic) bond motifs is 1. The third-order valence-electron chi connectivity index (χ3n) is 5.13. The van der Waals surface area contributed by atoms with Gasteiger partial charge in [-0.3, -0.25) is 0 Å². The number of azide groups is 1. The van der Waals surface area contributed by atoms with Crippen LogP contribution >= 0.6 is 0 Å². The highest BCUT2D eigenvalue weighted by molar-refractivity contribution is 5.93. The standard InChI is InChI=1S/C25H23N5O/c1-2-3-5-10-24-25(29-30-26)22-17-19(13-16-23(22)27-28-24)18-11-14-21(15-12-18)31-20-8-6-4-7-9-20/h4,6-9,11-17H,2-3,5,10H2,1H3. The Balaban J connectivity index is 1.66. The Morgan fingerprint density at radius 2 is 1.61 bits per heavy atom. The summed E-state index contributed by atoms with van der Waals surface area (Å²) in [6, 6.07) is 23.6. The van der Waals surface area contributed by atoms with E-state index in [1.54, 1.807) is 0 Å². The van der Waals surface area contributed by atoms with E-state index < -0.39 is 0 Å². The summed E-state index contributed by atoms with van der Waals surface area (Å²) in [6.07, 6.45) is 3.97. The minimum Gasteiger partial charge on any atom is -0.457 e. The molecule has 0 aliphatic rings. The molecular formula is C25H23N5O. The number of rotatable bonds is 8. The molecule has 0 aliphatic heterocycles. The van der Waals surface area contributed by atoms with Crippen molar-refractivity contribution in [1.82, 2.24) is 10.2 Å². The van der Waals surface area contributed by atoms with Crippen LogP contribution in [0.25, 0.3) is 32.5 Å². The predicted molar refractivity (Wildman–Crippen MR) is 124 cm³/mol. The molecule has 0 saturated heterocycles. The average molecular weight is 409 g/mol. The second-order valence-electron chi connectivity index (χ2n) is 7.31. The maximum atomic E-state index is 9.11. The normalized spacial score (nSPS) is 10.6. The number of benzene rings is 3. The first-order valence-corrected chi connectivity index (χ1v) is 10.5. The fraction of sp³-hybridized carbons (Fsp3) is 0.200. The maximum absolute atomic E-state index is 9.11. The van der Waals surface area contributed by atoms with Gasteiger partial charge in [0.15, 0.2) is 0 Å². The second-order valence-corrected chi connectivity index (χ2v) is 7.31. The van der Waals surface area contributed by atoms with E-state index in [0.29, 0.717) is 5.69 Å². The van der Waals surface area contributed by atoms with E-state index in [1.165, 1.54) is 0 Å². The van der Waals surface area contributed by atoms with Crippen LogP contribution < -0.4 is 4.74 Å². The van der Waals surface area contributed by atoms with Gasteiger partial charge in [0.1, 0.15) is 11.5 Å². The van der Waals surface area contributed by atoms with Crippen LogP contribution in [0.3, 0.4) is 0 Å². The van der Waals surface area contributed by atoms with Crippen molar-refractivity contribution in [3.8, 4) is 22.6 Å². The number of hydrogen-bond acceptors (Lipinski definition) is 4. The van der Waals surface area contributed by atoms with Gasteiger partial charge in [0.05, 0.1) is 16.9 Å². The van der Waals surface area contributed by atoms with Crippen molar-refractivity contribution < 1.29 is 4.74 Å². The molecule has 6 heteroatoms. The van der Waals surface area contributed by atoms with Gasteiger partial charge >= 0.3 is 0 Å². The van der Waals surface area contributed by atoms with Crippen molar-refractivity contribution in [3.63, 3.8) is 0 Å². The van der Waals surface area contributed by atoms with Gasteiger partial charge in [-0.25, -0.2) is 0 Å². The number of para-hydroxylation sites is 1. The lowest BCUT2D eigenvalue weighted by atomic mass is 10.0. The number of ether oxygens (including phenoxy) is 1. The molecule has 0 amide bonds. The van der Waals surface area contributed by atoms with Crippen LogP contribution in [0.4, 0.5) is 5.69 Å². The van der Waals surface area contributed by atoms with Crippen LogP contribution in [0.2, 0.25) is 0 Å². The Bertz CT molecular complexity index is 1220. The van der Waals surface area contributed by atoms with Crippen LogP contribution in [0.5, 0.6) is 11.5 Å². The zero-order chi connectivity index (χ0) is 21.5. The van der Waals surface area contributed by atoms with E-state index in [9.17, 15) is 0 Å². The highest BCUT2D eigenvalue weighted by Gasteiger charge is 2.11. The van der Waals surface area contributed by atoms with E-state index in [0.717, 1.165) is 64.9 Å². The first kappa shape index (κ1) is 20.4. The lowest BCUT2D eigenvalue weighted by Gasteiger charge is -2.10. The Morgan fingerprint density at radius 1 is 0.871 bits per heavy atom. The number of nitrogens with zero attached hydrogens (tertiary/aromatic N) is 5. The summed E-state index contributed by atoms with van der Waals surface area (Å²) < 4.78 is 5.88. The summed E-state index contributed by atoms with van der Waals surface area (Å²) in [5, 5.41) is 13.5. The van der Waals surface area contributed by atoms with Gasteiger partial charge in [-0.05, 0) is 65.9 Å². The SMILES string of the molecule is CCCCCc1nnc2ccc(-c3ccc(Oc4ccccc4)cc3)cc2c1N=[N+]=[N-]. The Hall–Kier alpha value is -3.89. The number of aromatic nitrogens is 2. The van der Waals surface area contributed by atoms with Crippen molar-refractivity contribution in [1.29, 1.82) is 0 Å². The molecule has 0 aliphatic carbocycles. The molecule has 0 radical (unpaired) electrons. The van der Waals surface area contributed by atoms with Crippen molar-refractivity contribution in [2.75, 3.05) is 0 Å². The number of unbranched alkanes of at least 4 members (excludes halogenated alkanes) is 2. The molecule has 6 nitrogen and oxygen atoms in total. The average Bonchev–Trinajstić information content (AvgIpc) is 2.81. The third kappa shape index (κ3) is 4.82. The van der Waals surface area contributed by atoms with E-state index >= 15 is 0 Å². The first-order valence-electron chi connectivity index (χ1n) is 10.5. The first-order chi connectivity index (χ1) is 15.3. The topological polar surface area (TPSA) is 83.8 Å². The molecule has 0 saturated carbocycles. The van der Waals surface area contributed by atoms with Gasteiger partial charge in [0, 0.05) is 10.3 Å². The third-order valence-corrected chi connectivity index (χ3v) is 5.13. The molecule has 31 heavy (non-hydrogen) atoms. The zero-order valence-corrected chi connectivity index (χ0v) is 17.4. The molecule has 4 aromatic rings. The van der Waals surface area contributed by atoms with Crippen LogP contribution in [-0.4, -0.2) is 10.2 Å². The molecule has 154 valence electrons. The van der Waals surface area contributed by atoms with Gasteiger partial charge in [0.2, 0.25) is 0 Å². The number of aryl methyl sites for hydroxylation is 1. The summed E-state index contributed by atoms with van der Waals surface area (Å²) >= 11 is 0. The van der Waals surface area contributed by atoms with Crippen molar-refractivity contribution in [3.05, 3.63) is 88.9 Å². The van der Waals surface area contributed by atoms with E-state index in [2.05, 4.69) is 27.1 Å². The van der Waals surface area contributed by atoms with Crippen LogP contribution in [0, 0.1) is 0 Å². The summed E-state index contributed by atoms with van der Waals surface area (Å²) in [4.78, 5) is 3.04. The molecule has 0 fully saturated rings. The summed E-state index contributed by atoms with van der Waals surface area (Å²) in [5.41, 5.74) is 13.2. The van der Waals surface area contributed by atoms with E-state index in [4.69, 9.17) is 10.3 Å². The van der Waals surface area contributed by atoms with Gasteiger partial charge in [-0.2, -0.15) is 10.2 Å². The van der Waals surface area contributed by atoms with Gasteiger partial charge in [0.25, 0.3) is 0 Å². The molecule has 0 atom stereocenters. The molecule has 0 spiro atoms. The Morgan fingerprint density at radius 3 is 2.35 bits per heavy atom. The summed E-state index contributed by atoms with van der Waals surface area (Å²) in [6.45, 7) is 2.16. The maximum Gasteiger partial charge on any atom is 0.127 e. The van der Waals surface area contributed by atoms with Crippen molar-refractivity contribution in [2.45, 2.75) is 32.6 Å². The molecule has 0 unspecified atom stereocenters. The summed E-state index contributed by atoms with van der Waals surface area (Å²) in [5.74, 6) is 1.57. The van der Waals surface area contributed by atoms with Gasteiger partial charge in [-0.15, -0.1) is 0 Å². The van der Waals surface area contributed by atoms with E-state index in [-0.39, 0.29) is 0 Å². The molecular weight excluding hydrogens is 386 g/mol. The molecule has 4 rings (SSSR count). The molecule has 3 aromatic carbocycles. The number of hydrogen-bond donors (Lipinski definition) is 0. The van der Waals surface area contributed by atoms with Crippen LogP contribution in [0.15, 0.2) is 77.9 Å². The lowest BCUT2D eigenvalue weighted by molar-refractivity contribution is 0.483. The molecule has 0 N–H and O–H groups in total. The quantitative estimate of drug-likeness (QED) is 0.129. The summed E-state index contributed by atoms with van der Waals surface area (Å²) in [7, 11) is 0. The second kappa shape index (κ2) is 9.74. The largest absolute Gasteiger partial charge is 0.457 e. The van der Waals surface area contributed by atoms with Gasteiger partial charge in [-0.1, -0.05) is 61.3 Å². The molecule has 1 heterocycles. The van der Waals surface area contributed by atoms with E-state index in [1.807, 2.05) is 72.8 Å². The highest BCUT2D eigenvalue weighted by atomic mass is 16.5. The Labute approximate surface area is 181 Å². The van der Waals surface area contributed by atoms with Crippen LogP contribution in [0.1, 0.15) is 31.9 Å². The molecule has 0 bridgehead atoms. The monoisotopic (exact) mass is 409 g/mol. The van der Waals surface area contributed by atoms with Crippen LogP contribution in [-0.2, 0) is 6.42 Å². The molecule has 1 aromatic heterocycles. The Kier molecular flexibility index (Phi) is 6.41. The fourth-order valence-electron chi connectivity index (χ4n) is 3.52. The predicted octanol–water partition coefficient (Wildman–Crippen LogP) is 7.76. The van der Waals surface area contributed by atoms with Crippen molar-refractivity contribution >= 4 is 16.6 Å². The fourth-order valence-corrected chi connectivity index (χ4v) is 3.52. The lowest BCUT2D eigenvalue weighted by Crippen LogP contribution is -1.96. The van der Waals surface area contributed by atoms with Gasteiger partial charge < -0.3 is 4.74 Å². The highest BCUT2D eigenvalue weighted by Crippen LogP contribution is 2.33.